The summed E-state index contributed by atoms with van der Waals surface area (Å²) >= 11 is 0. The van der Waals surface area contributed by atoms with Gasteiger partial charge in [0, 0.05) is 13.1 Å². The predicted octanol–water partition coefficient (Wildman–Crippen LogP) is 2.12. The normalized spacial score (nSPS) is 11.0. The van der Waals surface area contributed by atoms with Gasteiger partial charge in [0.2, 0.25) is 0 Å². The molecule has 0 unspecified atom stereocenters. The molecule has 116 valence electrons. The van der Waals surface area contributed by atoms with Crippen LogP contribution in [0.25, 0.3) is 0 Å². The lowest BCUT2D eigenvalue weighted by Crippen LogP contribution is -2.31. The van der Waals surface area contributed by atoms with Crippen molar-refractivity contribution in [3.05, 3.63) is 36.4 Å². The maximum absolute atomic E-state index is 5.70. The number of ether oxygens (including phenoxy) is 2. The second kappa shape index (κ2) is 9.69. The Morgan fingerprint density at radius 2 is 2.24 bits per heavy atom. The van der Waals surface area contributed by atoms with Crippen molar-refractivity contribution in [1.82, 2.24) is 5.32 Å². The molecule has 0 aliphatic carbocycles. The summed E-state index contributed by atoms with van der Waals surface area (Å²) in [6.07, 6.45) is 3.59. The van der Waals surface area contributed by atoms with Gasteiger partial charge in [-0.1, -0.05) is 12.1 Å². The van der Waals surface area contributed by atoms with Crippen LogP contribution in [0.2, 0.25) is 0 Å². The van der Waals surface area contributed by atoms with Gasteiger partial charge in [-0.15, -0.1) is 6.58 Å². The van der Waals surface area contributed by atoms with Crippen molar-refractivity contribution in [2.45, 2.75) is 19.8 Å². The van der Waals surface area contributed by atoms with Crippen molar-refractivity contribution in [2.75, 3.05) is 26.8 Å². The van der Waals surface area contributed by atoms with Gasteiger partial charge in [0.1, 0.15) is 0 Å². The number of aliphatic imine (C=N–C) groups is 1. The van der Waals surface area contributed by atoms with E-state index in [9.17, 15) is 0 Å². The first kappa shape index (κ1) is 16.9. The molecule has 0 aromatic heterocycles. The highest BCUT2D eigenvalue weighted by atomic mass is 16.5. The van der Waals surface area contributed by atoms with Crippen molar-refractivity contribution in [2.24, 2.45) is 10.7 Å². The van der Waals surface area contributed by atoms with Crippen LogP contribution in [0.5, 0.6) is 11.5 Å². The van der Waals surface area contributed by atoms with Gasteiger partial charge in [0.15, 0.2) is 17.5 Å². The van der Waals surface area contributed by atoms with Crippen LogP contribution in [0.4, 0.5) is 0 Å². The lowest BCUT2D eigenvalue weighted by molar-refractivity contribution is 0.310. The molecule has 0 saturated heterocycles. The van der Waals surface area contributed by atoms with E-state index in [2.05, 4.69) is 16.9 Å². The number of nitrogens with one attached hydrogen (secondary N) is 1. The van der Waals surface area contributed by atoms with Crippen molar-refractivity contribution in [3.8, 4) is 11.5 Å². The molecule has 0 bridgehead atoms. The fourth-order valence-electron chi connectivity index (χ4n) is 1.86. The second-order valence-electron chi connectivity index (χ2n) is 4.46. The van der Waals surface area contributed by atoms with E-state index < -0.39 is 0 Å². The number of methoxy groups -OCH3 is 1. The predicted molar refractivity (Wildman–Crippen MR) is 87.2 cm³/mol. The molecule has 0 fully saturated rings. The molecule has 0 atom stereocenters. The van der Waals surface area contributed by atoms with E-state index in [0.717, 1.165) is 24.3 Å². The minimum atomic E-state index is 0.458. The Balaban J connectivity index is 2.48. The topological polar surface area (TPSA) is 68.9 Å². The van der Waals surface area contributed by atoms with Crippen molar-refractivity contribution >= 4 is 5.96 Å². The average molecular weight is 291 g/mol. The average Bonchev–Trinajstić information content (AvgIpc) is 2.50. The zero-order chi connectivity index (χ0) is 15.5. The monoisotopic (exact) mass is 291 g/mol. The fourth-order valence-corrected chi connectivity index (χ4v) is 1.86. The van der Waals surface area contributed by atoms with E-state index in [-0.39, 0.29) is 0 Å². The summed E-state index contributed by atoms with van der Waals surface area (Å²) in [7, 11) is 1.64. The third-order valence-electron chi connectivity index (χ3n) is 2.86. The first-order valence-corrected chi connectivity index (χ1v) is 7.15. The summed E-state index contributed by atoms with van der Waals surface area (Å²) in [6.45, 7) is 7.51. The van der Waals surface area contributed by atoms with Gasteiger partial charge in [-0.3, -0.25) is 4.99 Å². The van der Waals surface area contributed by atoms with E-state index in [0.29, 0.717) is 25.7 Å². The summed E-state index contributed by atoms with van der Waals surface area (Å²) in [4.78, 5) is 4.25. The van der Waals surface area contributed by atoms with Gasteiger partial charge < -0.3 is 20.5 Å². The highest BCUT2D eigenvalue weighted by molar-refractivity contribution is 5.77. The summed E-state index contributed by atoms with van der Waals surface area (Å²) in [6, 6.07) is 6.00. The van der Waals surface area contributed by atoms with Crippen LogP contribution in [0.3, 0.4) is 0 Å². The second-order valence-corrected chi connectivity index (χ2v) is 4.46. The van der Waals surface area contributed by atoms with Crippen LogP contribution in [-0.2, 0) is 6.42 Å². The third kappa shape index (κ3) is 6.21. The Kier molecular flexibility index (Phi) is 7.79. The first-order chi connectivity index (χ1) is 10.2. The largest absolute Gasteiger partial charge is 0.493 e. The minimum absolute atomic E-state index is 0.458. The van der Waals surface area contributed by atoms with Crippen molar-refractivity contribution in [3.63, 3.8) is 0 Å². The number of rotatable bonds is 9. The summed E-state index contributed by atoms with van der Waals surface area (Å²) in [5, 5.41) is 2.95. The van der Waals surface area contributed by atoms with Gasteiger partial charge in [-0.05, 0) is 37.5 Å². The zero-order valence-electron chi connectivity index (χ0n) is 12.9. The van der Waals surface area contributed by atoms with Gasteiger partial charge in [-0.2, -0.15) is 0 Å². The van der Waals surface area contributed by atoms with Gasteiger partial charge in [-0.25, -0.2) is 0 Å². The Morgan fingerprint density at radius 3 is 2.90 bits per heavy atom. The van der Waals surface area contributed by atoms with Crippen LogP contribution in [-0.4, -0.2) is 32.8 Å². The van der Waals surface area contributed by atoms with Crippen LogP contribution in [0.1, 0.15) is 18.9 Å². The van der Waals surface area contributed by atoms with Crippen LogP contribution in [0.15, 0.2) is 35.8 Å². The summed E-state index contributed by atoms with van der Waals surface area (Å²) < 4.78 is 10.8. The number of nitrogens with zero attached hydrogens (tertiary/aromatic N) is 1. The molecule has 1 rings (SSSR count). The highest BCUT2D eigenvalue weighted by Crippen LogP contribution is 2.28. The van der Waals surface area contributed by atoms with E-state index in [1.54, 1.807) is 13.2 Å². The molecule has 0 aliphatic rings. The fraction of sp³-hybridized carbons (Fsp3) is 0.438. The molecular weight excluding hydrogens is 266 g/mol. The number of hydrogen-bond donors (Lipinski definition) is 2. The molecule has 0 radical (unpaired) electrons. The third-order valence-corrected chi connectivity index (χ3v) is 2.86. The molecule has 0 amide bonds. The number of aryl methyl sites for hydroxylation is 1. The Bertz CT molecular complexity index is 473. The molecule has 1 aromatic carbocycles. The lowest BCUT2D eigenvalue weighted by Gasteiger charge is -2.11. The van der Waals surface area contributed by atoms with E-state index in [4.69, 9.17) is 15.2 Å². The maximum Gasteiger partial charge on any atom is 0.188 e. The molecule has 0 saturated carbocycles. The van der Waals surface area contributed by atoms with Crippen LogP contribution < -0.4 is 20.5 Å². The smallest absolute Gasteiger partial charge is 0.188 e. The van der Waals surface area contributed by atoms with Crippen LogP contribution in [0, 0.1) is 0 Å². The summed E-state index contributed by atoms with van der Waals surface area (Å²) in [5.41, 5.74) is 6.90. The number of guanidine groups is 1. The Labute approximate surface area is 126 Å². The van der Waals surface area contributed by atoms with E-state index in [1.807, 2.05) is 25.1 Å². The molecule has 21 heavy (non-hydrogen) atoms. The van der Waals surface area contributed by atoms with E-state index >= 15 is 0 Å². The standard InChI is InChI=1S/C16H25N3O2/c1-4-10-18-16(17)19-11-6-7-13-8-9-14(20-3)15(12-13)21-5-2/h4,8-9,12H,1,5-7,10-11H2,2-3H3,(H3,17,18,19). The molecule has 5 heteroatoms. The molecule has 0 heterocycles. The first-order valence-electron chi connectivity index (χ1n) is 7.15. The van der Waals surface area contributed by atoms with Gasteiger partial charge in [0.25, 0.3) is 0 Å². The molecule has 1 aromatic rings. The van der Waals surface area contributed by atoms with Gasteiger partial charge >= 0.3 is 0 Å². The number of nitrogens with two attached hydrogens (primary N) is 1. The molecule has 5 nitrogen and oxygen atoms in total. The van der Waals surface area contributed by atoms with E-state index in [1.165, 1.54) is 5.56 Å². The SMILES string of the molecule is C=CCNC(N)=NCCCc1ccc(OC)c(OCC)c1. The van der Waals surface area contributed by atoms with Crippen LogP contribution >= 0.6 is 0 Å². The van der Waals surface area contributed by atoms with Crippen molar-refractivity contribution in [1.29, 1.82) is 0 Å². The summed E-state index contributed by atoms with van der Waals surface area (Å²) in [5.74, 6) is 2.00. The lowest BCUT2D eigenvalue weighted by atomic mass is 10.1. The maximum atomic E-state index is 5.70. The van der Waals surface area contributed by atoms with Crippen molar-refractivity contribution < 1.29 is 9.47 Å². The highest BCUT2D eigenvalue weighted by Gasteiger charge is 2.05. The number of hydrogen-bond acceptors (Lipinski definition) is 3. The quantitative estimate of drug-likeness (QED) is 0.316. The molecule has 0 spiro atoms. The molecule has 3 N–H and O–H groups in total. The zero-order valence-corrected chi connectivity index (χ0v) is 12.9. The Hall–Kier alpha value is -2.17. The molecular formula is C16H25N3O2. The van der Waals surface area contributed by atoms with Gasteiger partial charge in [0.05, 0.1) is 13.7 Å². The Morgan fingerprint density at radius 1 is 1.43 bits per heavy atom. The molecule has 0 aliphatic heterocycles. The number of benzene rings is 1. The minimum Gasteiger partial charge on any atom is -0.493 e.